The molecule has 10 nitrogen and oxygen atoms in total. The van der Waals surface area contributed by atoms with Gasteiger partial charge in [-0.3, -0.25) is 14.4 Å². The van der Waals surface area contributed by atoms with E-state index < -0.39 is 23.8 Å². The van der Waals surface area contributed by atoms with Crippen LogP contribution in [-0.2, 0) is 14.4 Å². The van der Waals surface area contributed by atoms with E-state index in [1.165, 1.54) is 19.3 Å². The van der Waals surface area contributed by atoms with E-state index in [9.17, 15) is 24.3 Å². The SMILES string of the molecule is CCCCCCCCCC(=O)NC(CCC(=O)Nc1ccccc1NC(=O)c1nc(-c2ccccc2)oc1-c1ccccc1)C(=O)O. The third kappa shape index (κ3) is 10.7. The molecule has 3 amide bonds. The van der Waals surface area contributed by atoms with Crippen LogP contribution in [0.3, 0.4) is 0 Å². The van der Waals surface area contributed by atoms with E-state index in [1.807, 2.05) is 60.7 Å². The summed E-state index contributed by atoms with van der Waals surface area (Å²) in [6.07, 6.45) is 7.40. The lowest BCUT2D eigenvalue weighted by Gasteiger charge is -2.15. The Morgan fingerprint density at radius 2 is 1.28 bits per heavy atom. The lowest BCUT2D eigenvalue weighted by molar-refractivity contribution is -0.142. The Bertz CT molecular complexity index is 1620. The highest BCUT2D eigenvalue weighted by Gasteiger charge is 2.24. The summed E-state index contributed by atoms with van der Waals surface area (Å²) in [7, 11) is 0. The summed E-state index contributed by atoms with van der Waals surface area (Å²) in [4.78, 5) is 55.2. The number of carboxylic acid groups (broad SMARTS) is 1. The highest BCUT2D eigenvalue weighted by molar-refractivity contribution is 6.09. The van der Waals surface area contributed by atoms with Gasteiger partial charge in [-0.15, -0.1) is 0 Å². The summed E-state index contributed by atoms with van der Waals surface area (Å²) in [6, 6.07) is 23.9. The molecule has 0 aliphatic rings. The molecular formula is C37H42N4O6. The van der Waals surface area contributed by atoms with Gasteiger partial charge in [-0.1, -0.05) is 106 Å². The van der Waals surface area contributed by atoms with E-state index in [0.29, 0.717) is 40.6 Å². The van der Waals surface area contributed by atoms with Crippen LogP contribution in [0.2, 0.25) is 0 Å². The van der Waals surface area contributed by atoms with Crippen molar-refractivity contribution >= 4 is 35.1 Å². The van der Waals surface area contributed by atoms with Gasteiger partial charge in [0.15, 0.2) is 11.5 Å². The van der Waals surface area contributed by atoms with Crippen LogP contribution >= 0.6 is 0 Å². The predicted octanol–water partition coefficient (Wildman–Crippen LogP) is 7.69. The van der Waals surface area contributed by atoms with Crippen LogP contribution in [0.5, 0.6) is 0 Å². The van der Waals surface area contributed by atoms with Crippen molar-refractivity contribution in [3.8, 4) is 22.8 Å². The van der Waals surface area contributed by atoms with E-state index >= 15 is 0 Å². The third-order valence-electron chi connectivity index (χ3n) is 7.65. The van der Waals surface area contributed by atoms with Crippen LogP contribution in [0.1, 0.15) is 81.6 Å². The number of rotatable bonds is 18. The molecule has 10 heteroatoms. The summed E-state index contributed by atoms with van der Waals surface area (Å²) in [5.41, 5.74) is 2.12. The second-order valence-electron chi connectivity index (χ2n) is 11.3. The van der Waals surface area contributed by atoms with Gasteiger partial charge in [0.05, 0.1) is 11.4 Å². The van der Waals surface area contributed by atoms with Crippen molar-refractivity contribution in [2.75, 3.05) is 10.6 Å². The van der Waals surface area contributed by atoms with Crippen molar-refractivity contribution in [1.29, 1.82) is 0 Å². The molecular weight excluding hydrogens is 596 g/mol. The number of hydrogen-bond donors (Lipinski definition) is 4. The zero-order valence-corrected chi connectivity index (χ0v) is 26.7. The number of nitrogens with zero attached hydrogens (tertiary/aromatic N) is 1. The first-order valence-electron chi connectivity index (χ1n) is 16.2. The standard InChI is InChI=1S/C37H42N4O6/c1-2-3-4-5-6-7-14-23-31(42)39-30(37(45)46)24-25-32(43)38-28-21-15-16-22-29(28)40-35(44)33-34(26-17-10-8-11-18-26)47-36(41-33)27-19-12-9-13-20-27/h8-13,15-22,30H,2-7,14,23-25H2,1H3,(H,38,43)(H,39,42)(H,40,44)(H,45,46). The first-order chi connectivity index (χ1) is 22.9. The van der Waals surface area contributed by atoms with E-state index in [4.69, 9.17) is 4.42 Å². The molecule has 0 radical (unpaired) electrons. The molecule has 4 rings (SSSR count). The highest BCUT2D eigenvalue weighted by Crippen LogP contribution is 2.31. The van der Waals surface area contributed by atoms with Crippen molar-refractivity contribution in [3.63, 3.8) is 0 Å². The molecule has 0 spiro atoms. The molecule has 4 aromatic rings. The Balaban J connectivity index is 1.36. The van der Waals surface area contributed by atoms with Gasteiger partial charge in [-0.2, -0.15) is 0 Å². The number of oxazole rings is 1. The maximum absolute atomic E-state index is 13.6. The molecule has 0 bridgehead atoms. The molecule has 1 unspecified atom stereocenters. The van der Waals surface area contributed by atoms with Crippen molar-refractivity contribution in [2.24, 2.45) is 0 Å². The fourth-order valence-corrected chi connectivity index (χ4v) is 5.10. The lowest BCUT2D eigenvalue weighted by atomic mass is 10.1. The number of nitrogens with one attached hydrogen (secondary N) is 3. The second-order valence-corrected chi connectivity index (χ2v) is 11.3. The van der Waals surface area contributed by atoms with Gasteiger partial charge in [-0.05, 0) is 37.1 Å². The average Bonchev–Trinajstić information content (AvgIpc) is 3.54. The van der Waals surface area contributed by atoms with Crippen LogP contribution in [-0.4, -0.2) is 39.8 Å². The first-order valence-corrected chi connectivity index (χ1v) is 16.2. The van der Waals surface area contributed by atoms with Gasteiger partial charge in [0.1, 0.15) is 6.04 Å². The lowest BCUT2D eigenvalue weighted by Crippen LogP contribution is -2.41. The molecule has 0 saturated carbocycles. The number of benzene rings is 3. The summed E-state index contributed by atoms with van der Waals surface area (Å²) in [5.74, 6) is -1.94. The van der Waals surface area contributed by atoms with Crippen LogP contribution in [0.25, 0.3) is 22.8 Å². The fraction of sp³-hybridized carbons (Fsp3) is 0.324. The number of carbonyl (C=O) groups excluding carboxylic acids is 3. The normalized spacial score (nSPS) is 11.4. The van der Waals surface area contributed by atoms with Gasteiger partial charge >= 0.3 is 5.97 Å². The molecule has 0 saturated heterocycles. The Kier molecular flexibility index (Phi) is 13.3. The predicted molar refractivity (Wildman–Crippen MR) is 182 cm³/mol. The van der Waals surface area contributed by atoms with Crippen molar-refractivity contribution in [1.82, 2.24) is 10.3 Å². The number of aromatic nitrogens is 1. The van der Waals surface area contributed by atoms with E-state index in [-0.39, 0.29) is 30.9 Å². The van der Waals surface area contributed by atoms with Gasteiger partial charge in [-0.25, -0.2) is 9.78 Å². The summed E-state index contributed by atoms with van der Waals surface area (Å²) >= 11 is 0. The molecule has 0 aliphatic heterocycles. The molecule has 246 valence electrons. The zero-order chi connectivity index (χ0) is 33.4. The number of anilines is 2. The minimum absolute atomic E-state index is 0.0766. The summed E-state index contributed by atoms with van der Waals surface area (Å²) in [5, 5.41) is 17.8. The largest absolute Gasteiger partial charge is 0.480 e. The topological polar surface area (TPSA) is 151 Å². The van der Waals surface area contributed by atoms with Crippen molar-refractivity contribution in [3.05, 3.63) is 90.6 Å². The number of carboxylic acids is 1. The van der Waals surface area contributed by atoms with Crippen LogP contribution in [0.4, 0.5) is 11.4 Å². The van der Waals surface area contributed by atoms with Gasteiger partial charge < -0.3 is 25.5 Å². The Morgan fingerprint density at radius 3 is 1.91 bits per heavy atom. The maximum Gasteiger partial charge on any atom is 0.326 e. The summed E-state index contributed by atoms with van der Waals surface area (Å²) in [6.45, 7) is 2.16. The fourth-order valence-electron chi connectivity index (χ4n) is 5.10. The molecule has 4 N–H and O–H groups in total. The van der Waals surface area contributed by atoms with Gasteiger partial charge in [0, 0.05) is 24.0 Å². The minimum Gasteiger partial charge on any atom is -0.480 e. The monoisotopic (exact) mass is 638 g/mol. The smallest absolute Gasteiger partial charge is 0.326 e. The molecule has 47 heavy (non-hydrogen) atoms. The van der Waals surface area contributed by atoms with Crippen LogP contribution in [0.15, 0.2) is 89.3 Å². The number of amides is 3. The average molecular weight is 639 g/mol. The molecule has 1 aromatic heterocycles. The van der Waals surface area contributed by atoms with Crippen molar-refractivity contribution in [2.45, 2.75) is 77.2 Å². The number of aliphatic carboxylic acids is 1. The van der Waals surface area contributed by atoms with Crippen LogP contribution < -0.4 is 16.0 Å². The quantitative estimate of drug-likeness (QED) is 0.0816. The third-order valence-corrected chi connectivity index (χ3v) is 7.65. The van der Waals surface area contributed by atoms with E-state index in [1.54, 1.807) is 24.3 Å². The van der Waals surface area contributed by atoms with E-state index in [2.05, 4.69) is 27.9 Å². The number of unbranched alkanes of at least 4 members (excludes halogenated alkanes) is 6. The number of carbonyl (C=O) groups is 4. The minimum atomic E-state index is -1.20. The Morgan fingerprint density at radius 1 is 0.702 bits per heavy atom. The molecule has 0 aliphatic carbocycles. The number of hydrogen-bond acceptors (Lipinski definition) is 6. The highest BCUT2D eigenvalue weighted by atomic mass is 16.4. The molecule has 0 fully saturated rings. The van der Waals surface area contributed by atoms with Crippen molar-refractivity contribution < 1.29 is 28.7 Å². The summed E-state index contributed by atoms with van der Waals surface area (Å²) < 4.78 is 6.07. The Labute approximate surface area is 275 Å². The van der Waals surface area contributed by atoms with E-state index in [0.717, 1.165) is 19.3 Å². The second kappa shape index (κ2) is 18.0. The maximum atomic E-state index is 13.6. The molecule has 1 heterocycles. The number of para-hydroxylation sites is 2. The Hall–Kier alpha value is -5.25. The van der Waals surface area contributed by atoms with Gasteiger partial charge in [0.2, 0.25) is 17.7 Å². The molecule has 3 aromatic carbocycles. The van der Waals surface area contributed by atoms with Gasteiger partial charge in [0.25, 0.3) is 5.91 Å². The first kappa shape index (κ1) is 34.6. The molecule has 1 atom stereocenters. The van der Waals surface area contributed by atoms with Crippen LogP contribution in [0, 0.1) is 0 Å². The zero-order valence-electron chi connectivity index (χ0n) is 26.7.